The summed E-state index contributed by atoms with van der Waals surface area (Å²) in [4.78, 5) is 26.8. The second kappa shape index (κ2) is 11.5. The molecule has 0 radical (unpaired) electrons. The third-order valence-corrected chi connectivity index (χ3v) is 5.80. The van der Waals surface area contributed by atoms with Crippen molar-refractivity contribution >= 4 is 17.6 Å². The van der Waals surface area contributed by atoms with Crippen molar-refractivity contribution in [3.05, 3.63) is 66.0 Å². The van der Waals surface area contributed by atoms with Crippen LogP contribution in [-0.2, 0) is 11.2 Å². The number of carbonyl (C=O) groups is 2. The highest BCUT2D eigenvalue weighted by Crippen LogP contribution is 2.20. The number of rotatable bonds is 8. The Hall–Kier alpha value is -2.89. The van der Waals surface area contributed by atoms with Crippen LogP contribution in [0.25, 0.3) is 0 Å². The average Bonchev–Trinajstić information content (AvgIpc) is 2.77. The van der Waals surface area contributed by atoms with Crippen LogP contribution in [-0.4, -0.2) is 36.5 Å². The molecule has 31 heavy (non-hydrogen) atoms. The Morgan fingerprint density at radius 2 is 1.97 bits per heavy atom. The summed E-state index contributed by atoms with van der Waals surface area (Å²) in [5, 5.41) is 5.49. The normalized spacial score (nSPS) is 17.1. The molecule has 0 spiro atoms. The summed E-state index contributed by atoms with van der Waals surface area (Å²) in [7, 11) is 0. The Kier molecular flexibility index (Phi) is 8.44. The molecule has 2 atom stereocenters. The van der Waals surface area contributed by atoms with Crippen LogP contribution in [0.15, 0.2) is 54.6 Å². The minimum absolute atomic E-state index is 0.203. The van der Waals surface area contributed by atoms with Gasteiger partial charge in [-0.05, 0) is 61.3 Å². The first kappa shape index (κ1) is 22.8. The van der Waals surface area contributed by atoms with Crippen LogP contribution in [0.3, 0.4) is 0 Å². The number of anilines is 1. The molecule has 1 saturated heterocycles. The lowest BCUT2D eigenvalue weighted by molar-refractivity contribution is -0.133. The first-order valence-corrected chi connectivity index (χ1v) is 11.1. The lowest BCUT2D eigenvalue weighted by atomic mass is 9.95. The van der Waals surface area contributed by atoms with Gasteiger partial charge < -0.3 is 15.5 Å². The van der Waals surface area contributed by atoms with Crippen molar-refractivity contribution in [1.29, 1.82) is 0 Å². The van der Waals surface area contributed by atoms with Crippen molar-refractivity contribution in [2.75, 3.05) is 25.0 Å². The molecule has 0 aromatic heterocycles. The standard InChI is InChI=1S/C25H32FN3O2/c1-19(12-13-20-7-3-2-4-8-20)15-24(30)29-14-6-9-21(18-29)17-27-25(31)28-23-11-5-10-22(26)16-23/h2-5,7-8,10-11,16,19,21H,6,9,12-15,17-18H2,1H3,(H2,27,28,31). The second-order valence-corrected chi connectivity index (χ2v) is 8.53. The van der Waals surface area contributed by atoms with E-state index in [1.165, 1.54) is 17.7 Å². The van der Waals surface area contributed by atoms with Gasteiger partial charge in [0.15, 0.2) is 0 Å². The minimum Gasteiger partial charge on any atom is -0.342 e. The molecule has 166 valence electrons. The molecule has 1 fully saturated rings. The predicted molar refractivity (Wildman–Crippen MR) is 121 cm³/mol. The highest BCUT2D eigenvalue weighted by molar-refractivity contribution is 5.89. The number of piperidine rings is 1. The van der Waals surface area contributed by atoms with E-state index in [2.05, 4.69) is 29.7 Å². The smallest absolute Gasteiger partial charge is 0.319 e. The summed E-state index contributed by atoms with van der Waals surface area (Å²) >= 11 is 0. The van der Waals surface area contributed by atoms with E-state index >= 15 is 0 Å². The third kappa shape index (κ3) is 7.70. The number of carbonyl (C=O) groups excluding carboxylic acids is 2. The van der Waals surface area contributed by atoms with Crippen LogP contribution in [0.2, 0.25) is 0 Å². The first-order valence-electron chi connectivity index (χ1n) is 11.1. The Morgan fingerprint density at radius 1 is 1.16 bits per heavy atom. The number of amides is 3. The molecular weight excluding hydrogens is 393 g/mol. The van der Waals surface area contributed by atoms with E-state index in [0.717, 1.165) is 32.2 Å². The van der Waals surface area contributed by atoms with Crippen molar-refractivity contribution in [2.24, 2.45) is 11.8 Å². The topological polar surface area (TPSA) is 61.4 Å². The number of nitrogens with zero attached hydrogens (tertiary/aromatic N) is 1. The van der Waals surface area contributed by atoms with Gasteiger partial charge in [0.2, 0.25) is 5.91 Å². The molecule has 0 aliphatic carbocycles. The fourth-order valence-corrected chi connectivity index (χ4v) is 4.02. The predicted octanol–water partition coefficient (Wildman–Crippen LogP) is 4.84. The van der Waals surface area contributed by atoms with Gasteiger partial charge in [0.1, 0.15) is 5.82 Å². The molecule has 0 saturated carbocycles. The van der Waals surface area contributed by atoms with Crippen LogP contribution in [0.4, 0.5) is 14.9 Å². The Bertz CT molecular complexity index is 859. The number of aryl methyl sites for hydroxylation is 1. The van der Waals surface area contributed by atoms with Crippen molar-refractivity contribution in [1.82, 2.24) is 10.2 Å². The Morgan fingerprint density at radius 3 is 2.74 bits per heavy atom. The van der Waals surface area contributed by atoms with Gasteiger partial charge in [-0.1, -0.05) is 43.3 Å². The lowest BCUT2D eigenvalue weighted by Crippen LogP contribution is -2.44. The number of nitrogens with one attached hydrogen (secondary N) is 2. The molecule has 1 aliphatic rings. The fraction of sp³-hybridized carbons (Fsp3) is 0.440. The van der Waals surface area contributed by atoms with Gasteiger partial charge in [-0.25, -0.2) is 9.18 Å². The van der Waals surface area contributed by atoms with E-state index in [1.54, 1.807) is 12.1 Å². The number of hydrogen-bond acceptors (Lipinski definition) is 2. The van der Waals surface area contributed by atoms with Gasteiger partial charge in [0, 0.05) is 31.7 Å². The summed E-state index contributed by atoms with van der Waals surface area (Å²) in [6, 6.07) is 15.8. The summed E-state index contributed by atoms with van der Waals surface area (Å²) in [5.74, 6) is 0.380. The molecule has 2 unspecified atom stereocenters. The fourth-order valence-electron chi connectivity index (χ4n) is 4.02. The largest absolute Gasteiger partial charge is 0.342 e. The molecule has 1 aliphatic heterocycles. The average molecular weight is 426 g/mol. The van der Waals surface area contributed by atoms with Crippen LogP contribution in [0.1, 0.15) is 38.2 Å². The van der Waals surface area contributed by atoms with Gasteiger partial charge >= 0.3 is 6.03 Å². The molecular formula is C25H32FN3O2. The van der Waals surface area contributed by atoms with Gasteiger partial charge in [0.25, 0.3) is 0 Å². The summed E-state index contributed by atoms with van der Waals surface area (Å²) in [5.41, 5.74) is 1.73. The van der Waals surface area contributed by atoms with Gasteiger partial charge in [-0.15, -0.1) is 0 Å². The zero-order valence-corrected chi connectivity index (χ0v) is 18.1. The number of hydrogen-bond donors (Lipinski definition) is 2. The maximum absolute atomic E-state index is 13.2. The highest BCUT2D eigenvalue weighted by Gasteiger charge is 2.25. The SMILES string of the molecule is CC(CCc1ccccc1)CC(=O)N1CCCC(CNC(=O)Nc2cccc(F)c2)C1. The van der Waals surface area contributed by atoms with E-state index in [0.29, 0.717) is 31.1 Å². The van der Waals surface area contributed by atoms with Crippen LogP contribution < -0.4 is 10.6 Å². The highest BCUT2D eigenvalue weighted by atomic mass is 19.1. The molecule has 5 nitrogen and oxygen atoms in total. The van der Waals surface area contributed by atoms with E-state index in [9.17, 15) is 14.0 Å². The van der Waals surface area contributed by atoms with Gasteiger partial charge in [-0.3, -0.25) is 4.79 Å². The van der Waals surface area contributed by atoms with E-state index in [-0.39, 0.29) is 17.9 Å². The van der Waals surface area contributed by atoms with Crippen molar-refractivity contribution in [3.8, 4) is 0 Å². The molecule has 2 aromatic carbocycles. The zero-order valence-electron chi connectivity index (χ0n) is 18.1. The van der Waals surface area contributed by atoms with E-state index in [4.69, 9.17) is 0 Å². The Labute approximate surface area is 184 Å². The molecule has 1 heterocycles. The quantitative estimate of drug-likeness (QED) is 0.635. The van der Waals surface area contributed by atoms with E-state index < -0.39 is 5.82 Å². The van der Waals surface area contributed by atoms with Crippen molar-refractivity contribution in [2.45, 2.75) is 39.0 Å². The summed E-state index contributed by atoms with van der Waals surface area (Å²) < 4.78 is 13.2. The summed E-state index contributed by atoms with van der Waals surface area (Å²) in [6.07, 6.45) is 4.47. The minimum atomic E-state index is -0.391. The number of likely N-dealkylation sites (tertiary alicyclic amines) is 1. The Balaban J connectivity index is 1.38. The maximum atomic E-state index is 13.2. The molecule has 0 bridgehead atoms. The van der Waals surface area contributed by atoms with Crippen LogP contribution >= 0.6 is 0 Å². The van der Waals surface area contributed by atoms with E-state index in [1.807, 2.05) is 23.1 Å². The van der Waals surface area contributed by atoms with Gasteiger partial charge in [0.05, 0.1) is 0 Å². The molecule has 6 heteroatoms. The molecule has 2 N–H and O–H groups in total. The first-order chi connectivity index (χ1) is 15.0. The lowest BCUT2D eigenvalue weighted by Gasteiger charge is -2.33. The van der Waals surface area contributed by atoms with Crippen LogP contribution in [0, 0.1) is 17.7 Å². The van der Waals surface area contributed by atoms with Crippen molar-refractivity contribution in [3.63, 3.8) is 0 Å². The molecule has 2 aromatic rings. The maximum Gasteiger partial charge on any atom is 0.319 e. The second-order valence-electron chi connectivity index (χ2n) is 8.53. The number of benzene rings is 2. The zero-order chi connectivity index (χ0) is 22.1. The summed E-state index contributed by atoms with van der Waals surface area (Å²) in [6.45, 7) is 4.09. The van der Waals surface area contributed by atoms with Crippen LogP contribution in [0.5, 0.6) is 0 Å². The monoisotopic (exact) mass is 425 g/mol. The molecule has 3 rings (SSSR count). The number of urea groups is 1. The van der Waals surface area contributed by atoms with Gasteiger partial charge in [-0.2, -0.15) is 0 Å². The molecule has 3 amide bonds. The number of halogens is 1. The third-order valence-electron chi connectivity index (χ3n) is 5.80. The van der Waals surface area contributed by atoms with Crippen molar-refractivity contribution < 1.29 is 14.0 Å².